The molecular formula is C22H28N4O5. The molecule has 9 heteroatoms. The van der Waals surface area contributed by atoms with Crippen LogP contribution in [0.1, 0.15) is 32.3 Å². The first kappa shape index (κ1) is 22.3. The highest BCUT2D eigenvalue weighted by Crippen LogP contribution is 2.26. The van der Waals surface area contributed by atoms with E-state index in [4.69, 9.17) is 4.42 Å². The minimum atomic E-state index is -0.768. The molecule has 2 aromatic rings. The number of benzene rings is 1. The molecule has 166 valence electrons. The van der Waals surface area contributed by atoms with Crippen LogP contribution in [0.2, 0.25) is 0 Å². The lowest BCUT2D eigenvalue weighted by atomic mass is 10.0. The van der Waals surface area contributed by atoms with E-state index in [2.05, 4.69) is 20.4 Å². The molecule has 1 fully saturated rings. The minimum absolute atomic E-state index is 0.157. The topological polar surface area (TPSA) is 114 Å². The second kappa shape index (κ2) is 9.63. The number of hydrogen-bond donors (Lipinski definition) is 2. The highest BCUT2D eigenvalue weighted by molar-refractivity contribution is 5.99. The number of ether oxygens (including phenoxy) is 1. The molecule has 2 N–H and O–H groups in total. The number of methoxy groups -OCH3 is 1. The molecule has 1 aromatic heterocycles. The molecule has 0 bridgehead atoms. The standard InChI is InChI=1S/C22H28N4O5/c1-13(2)18(25-22(29)30-4)21(28)26-10-5-6-17(26)19(27)24-16-12-15(8-7-14(16)3)20-23-9-11-31-20/h7-9,11-13,17-18H,5-6,10H2,1-4H3,(H,24,27)(H,25,29)/t17-,18?/m0/s1. The van der Waals surface area contributed by atoms with Crippen molar-refractivity contribution in [3.63, 3.8) is 0 Å². The maximum atomic E-state index is 13.1. The van der Waals surface area contributed by atoms with Crippen molar-refractivity contribution in [3.8, 4) is 11.5 Å². The van der Waals surface area contributed by atoms with E-state index in [1.807, 2.05) is 32.9 Å². The summed E-state index contributed by atoms with van der Waals surface area (Å²) in [6.45, 7) is 6.02. The number of alkyl carbamates (subject to hydrolysis) is 1. The Morgan fingerprint density at radius 2 is 2.06 bits per heavy atom. The quantitative estimate of drug-likeness (QED) is 0.731. The first-order valence-corrected chi connectivity index (χ1v) is 10.3. The van der Waals surface area contributed by atoms with Crippen molar-refractivity contribution in [3.05, 3.63) is 36.2 Å². The summed E-state index contributed by atoms with van der Waals surface area (Å²) in [5.74, 6) is -0.250. The molecule has 0 radical (unpaired) electrons. The lowest BCUT2D eigenvalue weighted by molar-refractivity contribution is -0.139. The van der Waals surface area contributed by atoms with Crippen molar-refractivity contribution >= 4 is 23.6 Å². The first-order chi connectivity index (χ1) is 14.8. The van der Waals surface area contributed by atoms with Crippen molar-refractivity contribution in [2.24, 2.45) is 5.92 Å². The monoisotopic (exact) mass is 428 g/mol. The Bertz CT molecular complexity index is 941. The fraction of sp³-hybridized carbons (Fsp3) is 0.455. The molecule has 3 amide bonds. The second-order valence-electron chi connectivity index (χ2n) is 7.90. The third-order valence-electron chi connectivity index (χ3n) is 5.40. The molecule has 0 saturated carbocycles. The third kappa shape index (κ3) is 5.04. The minimum Gasteiger partial charge on any atom is -0.453 e. The van der Waals surface area contributed by atoms with Crippen molar-refractivity contribution in [2.45, 2.75) is 45.7 Å². The van der Waals surface area contributed by atoms with E-state index in [1.54, 1.807) is 17.2 Å². The number of aromatic nitrogens is 1. The van der Waals surface area contributed by atoms with Gasteiger partial charge in [0.05, 0.1) is 13.3 Å². The average Bonchev–Trinajstić information content (AvgIpc) is 3.44. The van der Waals surface area contributed by atoms with Crippen LogP contribution in [0, 0.1) is 12.8 Å². The summed E-state index contributed by atoms with van der Waals surface area (Å²) < 4.78 is 9.98. The van der Waals surface area contributed by atoms with Crippen LogP contribution < -0.4 is 10.6 Å². The van der Waals surface area contributed by atoms with Gasteiger partial charge in [-0.1, -0.05) is 19.9 Å². The van der Waals surface area contributed by atoms with Gasteiger partial charge >= 0.3 is 6.09 Å². The lowest BCUT2D eigenvalue weighted by Crippen LogP contribution is -2.54. The van der Waals surface area contributed by atoms with E-state index >= 15 is 0 Å². The highest BCUT2D eigenvalue weighted by atomic mass is 16.5. The Morgan fingerprint density at radius 1 is 1.29 bits per heavy atom. The van der Waals surface area contributed by atoms with Crippen LogP contribution in [0.3, 0.4) is 0 Å². The number of carbonyl (C=O) groups excluding carboxylic acids is 3. The number of rotatable bonds is 6. The Kier molecular flexibility index (Phi) is 6.94. The summed E-state index contributed by atoms with van der Waals surface area (Å²) in [6.07, 6.45) is 3.64. The molecule has 9 nitrogen and oxygen atoms in total. The van der Waals surface area contributed by atoms with E-state index in [9.17, 15) is 14.4 Å². The van der Waals surface area contributed by atoms with Crippen LogP contribution >= 0.6 is 0 Å². The summed E-state index contributed by atoms with van der Waals surface area (Å²) in [5.41, 5.74) is 2.26. The summed E-state index contributed by atoms with van der Waals surface area (Å²) in [7, 11) is 1.25. The molecule has 1 aliphatic rings. The van der Waals surface area contributed by atoms with Crippen LogP contribution in [0.15, 0.2) is 35.1 Å². The SMILES string of the molecule is COC(=O)NC(C(=O)N1CCC[C@H]1C(=O)Nc1cc(-c2ncco2)ccc1C)C(C)C. The molecule has 2 atom stereocenters. The summed E-state index contributed by atoms with van der Waals surface area (Å²) >= 11 is 0. The normalized spacial score (nSPS) is 16.8. The van der Waals surface area contributed by atoms with Gasteiger partial charge in [-0.25, -0.2) is 9.78 Å². The maximum Gasteiger partial charge on any atom is 0.407 e. The number of amides is 3. The number of hydrogen-bond acceptors (Lipinski definition) is 6. The molecule has 1 aliphatic heterocycles. The summed E-state index contributed by atoms with van der Waals surface area (Å²) in [4.78, 5) is 43.6. The van der Waals surface area contributed by atoms with Crippen LogP contribution in [0.25, 0.3) is 11.5 Å². The highest BCUT2D eigenvalue weighted by Gasteiger charge is 2.38. The lowest BCUT2D eigenvalue weighted by Gasteiger charge is -2.30. The fourth-order valence-electron chi connectivity index (χ4n) is 3.65. The fourth-order valence-corrected chi connectivity index (χ4v) is 3.65. The van der Waals surface area contributed by atoms with E-state index in [-0.39, 0.29) is 17.7 Å². The van der Waals surface area contributed by atoms with Gasteiger partial charge in [0.1, 0.15) is 18.3 Å². The molecule has 1 aromatic carbocycles. The van der Waals surface area contributed by atoms with Gasteiger partial charge in [-0.05, 0) is 43.4 Å². The Labute approximate surface area is 181 Å². The van der Waals surface area contributed by atoms with Gasteiger partial charge in [0.15, 0.2) is 0 Å². The first-order valence-electron chi connectivity index (χ1n) is 10.3. The predicted molar refractivity (Wildman–Crippen MR) is 114 cm³/mol. The zero-order chi connectivity index (χ0) is 22.5. The Morgan fingerprint density at radius 3 is 2.71 bits per heavy atom. The number of nitrogens with zero attached hydrogens (tertiary/aromatic N) is 2. The van der Waals surface area contributed by atoms with Crippen molar-refractivity contribution in [2.75, 3.05) is 19.0 Å². The number of anilines is 1. The molecule has 2 heterocycles. The zero-order valence-electron chi connectivity index (χ0n) is 18.2. The van der Waals surface area contributed by atoms with E-state index in [1.165, 1.54) is 13.4 Å². The van der Waals surface area contributed by atoms with Crippen molar-refractivity contribution in [1.29, 1.82) is 0 Å². The molecule has 1 saturated heterocycles. The van der Waals surface area contributed by atoms with Gasteiger partial charge in [0.2, 0.25) is 17.7 Å². The largest absolute Gasteiger partial charge is 0.453 e. The Balaban J connectivity index is 1.76. The molecule has 0 aliphatic carbocycles. The van der Waals surface area contributed by atoms with E-state index < -0.39 is 18.2 Å². The van der Waals surface area contributed by atoms with Crippen molar-refractivity contribution in [1.82, 2.24) is 15.2 Å². The Hall–Kier alpha value is -3.36. The van der Waals surface area contributed by atoms with Crippen LogP contribution in [-0.2, 0) is 14.3 Å². The third-order valence-corrected chi connectivity index (χ3v) is 5.40. The zero-order valence-corrected chi connectivity index (χ0v) is 18.2. The average molecular weight is 428 g/mol. The number of oxazole rings is 1. The van der Waals surface area contributed by atoms with Crippen LogP contribution in [-0.4, -0.2) is 53.5 Å². The number of carbonyl (C=O) groups is 3. The number of nitrogens with one attached hydrogen (secondary N) is 2. The second-order valence-corrected chi connectivity index (χ2v) is 7.90. The molecule has 31 heavy (non-hydrogen) atoms. The molecular weight excluding hydrogens is 400 g/mol. The molecule has 1 unspecified atom stereocenters. The van der Waals surface area contributed by atoms with Crippen LogP contribution in [0.4, 0.5) is 10.5 Å². The van der Waals surface area contributed by atoms with E-state index in [0.29, 0.717) is 31.0 Å². The van der Waals surface area contributed by atoms with Gasteiger partial charge in [-0.2, -0.15) is 0 Å². The van der Waals surface area contributed by atoms with Gasteiger partial charge in [0.25, 0.3) is 0 Å². The van der Waals surface area contributed by atoms with Crippen molar-refractivity contribution < 1.29 is 23.5 Å². The number of likely N-dealkylation sites (tertiary alicyclic amines) is 1. The van der Waals surface area contributed by atoms with Gasteiger partial charge < -0.3 is 24.7 Å². The van der Waals surface area contributed by atoms with Gasteiger partial charge in [-0.15, -0.1) is 0 Å². The van der Waals surface area contributed by atoms with Gasteiger partial charge in [-0.3, -0.25) is 9.59 Å². The maximum absolute atomic E-state index is 13.1. The predicted octanol–water partition coefficient (Wildman–Crippen LogP) is 2.96. The van der Waals surface area contributed by atoms with Crippen LogP contribution in [0.5, 0.6) is 0 Å². The summed E-state index contributed by atoms with van der Waals surface area (Å²) in [5, 5.41) is 5.53. The molecule has 3 rings (SSSR count). The smallest absolute Gasteiger partial charge is 0.407 e. The molecule has 0 spiro atoms. The van der Waals surface area contributed by atoms with Gasteiger partial charge in [0, 0.05) is 17.8 Å². The van der Waals surface area contributed by atoms with E-state index in [0.717, 1.165) is 11.1 Å². The summed E-state index contributed by atoms with van der Waals surface area (Å²) in [6, 6.07) is 4.17. The number of aryl methyl sites for hydroxylation is 1.